The van der Waals surface area contributed by atoms with Crippen molar-refractivity contribution in [1.82, 2.24) is 21.3 Å². The Labute approximate surface area is 276 Å². The van der Waals surface area contributed by atoms with Crippen molar-refractivity contribution in [3.8, 4) is 0 Å². The minimum atomic E-state index is -0.850. The van der Waals surface area contributed by atoms with Gasteiger partial charge in [-0.15, -0.1) is 0 Å². The van der Waals surface area contributed by atoms with Gasteiger partial charge in [-0.2, -0.15) is 0 Å². The van der Waals surface area contributed by atoms with Crippen LogP contribution in [0.25, 0.3) is 0 Å². The molecule has 0 unspecified atom stereocenters. The summed E-state index contributed by atoms with van der Waals surface area (Å²) in [5.41, 5.74) is 3.36. The zero-order valence-corrected chi connectivity index (χ0v) is 27.1. The summed E-state index contributed by atoms with van der Waals surface area (Å²) in [5.74, 6) is -2.07. The molecule has 12 heteroatoms. The largest absolute Gasteiger partial charge is 0.377 e. The number of hydrogen-bond acceptors (Lipinski definition) is 8. The van der Waals surface area contributed by atoms with Crippen LogP contribution in [0.4, 0.5) is 0 Å². The fourth-order valence-electron chi connectivity index (χ4n) is 4.92. The fraction of sp³-hybridized carbons (Fsp3) is 0.514. The van der Waals surface area contributed by atoms with Crippen molar-refractivity contribution >= 4 is 29.5 Å². The van der Waals surface area contributed by atoms with E-state index >= 15 is 0 Å². The predicted molar refractivity (Wildman–Crippen MR) is 175 cm³/mol. The molecule has 0 aromatic heterocycles. The van der Waals surface area contributed by atoms with E-state index in [2.05, 4.69) is 45.5 Å². The monoisotopic (exact) mass is 652 g/mol. The van der Waals surface area contributed by atoms with Crippen LogP contribution in [0.2, 0.25) is 0 Å². The highest BCUT2D eigenvalue weighted by atomic mass is 16.5. The van der Waals surface area contributed by atoms with E-state index in [1.54, 1.807) is 0 Å². The maximum Gasteiger partial charge on any atom is 0.246 e. The molecule has 1 heterocycles. The molecule has 4 N–H and O–H groups in total. The standard InChI is InChI=1S/C35H48N4O8/c40-31(39-32(41)24-29-15-13-28(14-16-29)11-5-4-10-27-8-2-1-3-9-27)17-19-37-35(44)30-12-6-7-18-36-33(42)25-46-22-20-45-21-23-47-26-34(43)38-30/h1-3,8-9,13-16,30H,4-7,10-12,17-26H2,(H,36,42)(H,37,44)(H,38,43)(H,39,40,41)/t30-/m0/s1. The molecule has 1 atom stereocenters. The van der Waals surface area contributed by atoms with Crippen LogP contribution in [-0.4, -0.2) is 88.3 Å². The molecule has 0 bridgehead atoms. The molecular formula is C35H48N4O8. The maximum atomic E-state index is 12.9. The molecule has 256 valence electrons. The molecule has 47 heavy (non-hydrogen) atoms. The molecule has 0 spiro atoms. The molecular weight excluding hydrogens is 604 g/mol. The highest BCUT2D eigenvalue weighted by Crippen LogP contribution is 2.11. The number of unbranched alkanes of at least 4 members (excludes halogenated alkanes) is 1. The Kier molecular flexibility index (Phi) is 17.8. The second kappa shape index (κ2) is 22.4. The Morgan fingerprint density at radius 3 is 2.04 bits per heavy atom. The van der Waals surface area contributed by atoms with Gasteiger partial charge in [0, 0.05) is 19.5 Å². The van der Waals surface area contributed by atoms with E-state index in [0.717, 1.165) is 31.2 Å². The number of carbonyl (C=O) groups is 5. The summed E-state index contributed by atoms with van der Waals surface area (Å²) in [6.07, 6.45) is 5.64. The summed E-state index contributed by atoms with van der Waals surface area (Å²) in [4.78, 5) is 61.9. The van der Waals surface area contributed by atoms with Crippen LogP contribution in [0.15, 0.2) is 54.6 Å². The topological polar surface area (TPSA) is 161 Å². The molecule has 1 aliphatic rings. The van der Waals surface area contributed by atoms with Gasteiger partial charge < -0.3 is 30.2 Å². The van der Waals surface area contributed by atoms with Crippen LogP contribution >= 0.6 is 0 Å². The third-order valence-electron chi connectivity index (χ3n) is 7.45. The first-order valence-corrected chi connectivity index (χ1v) is 16.4. The molecule has 1 fully saturated rings. The van der Waals surface area contributed by atoms with E-state index in [9.17, 15) is 24.0 Å². The SMILES string of the molecule is O=C1COCCOCCOCC(=O)N[C@H](C(=O)NCCC(=O)NC(=O)Cc2ccc(CCCCc3ccccc3)cc2)CCCCN1. The lowest BCUT2D eigenvalue weighted by molar-refractivity contribution is -0.132. The average molecular weight is 653 g/mol. The summed E-state index contributed by atoms with van der Waals surface area (Å²) < 4.78 is 15.9. The predicted octanol–water partition coefficient (Wildman–Crippen LogP) is 1.78. The van der Waals surface area contributed by atoms with Crippen molar-refractivity contribution in [2.75, 3.05) is 52.7 Å². The number of imide groups is 1. The van der Waals surface area contributed by atoms with Crippen molar-refractivity contribution in [2.24, 2.45) is 0 Å². The van der Waals surface area contributed by atoms with Crippen molar-refractivity contribution in [3.63, 3.8) is 0 Å². The van der Waals surface area contributed by atoms with E-state index in [-0.39, 0.29) is 58.3 Å². The first-order chi connectivity index (χ1) is 22.9. The minimum absolute atomic E-state index is 0.00676. The van der Waals surface area contributed by atoms with Gasteiger partial charge in [-0.3, -0.25) is 29.3 Å². The summed E-state index contributed by atoms with van der Waals surface area (Å²) >= 11 is 0. The number of carbonyl (C=O) groups excluding carboxylic acids is 5. The zero-order chi connectivity index (χ0) is 33.5. The molecule has 0 aliphatic carbocycles. The molecule has 12 nitrogen and oxygen atoms in total. The van der Waals surface area contributed by atoms with Gasteiger partial charge in [0.2, 0.25) is 29.5 Å². The van der Waals surface area contributed by atoms with Gasteiger partial charge in [0.15, 0.2) is 0 Å². The Bertz CT molecular complexity index is 1260. The van der Waals surface area contributed by atoms with Crippen molar-refractivity contribution in [1.29, 1.82) is 0 Å². The quantitative estimate of drug-likeness (QED) is 0.267. The van der Waals surface area contributed by atoms with Gasteiger partial charge in [-0.25, -0.2) is 0 Å². The Balaban J connectivity index is 1.35. The lowest BCUT2D eigenvalue weighted by Crippen LogP contribution is -2.48. The van der Waals surface area contributed by atoms with Gasteiger partial charge in [0.25, 0.3) is 0 Å². The number of ether oxygens (including phenoxy) is 3. The van der Waals surface area contributed by atoms with E-state index in [1.165, 1.54) is 11.1 Å². The number of aryl methyl sites for hydroxylation is 2. The molecule has 2 aromatic rings. The fourth-order valence-corrected chi connectivity index (χ4v) is 4.92. The van der Waals surface area contributed by atoms with Gasteiger partial charge >= 0.3 is 0 Å². The van der Waals surface area contributed by atoms with Crippen LogP contribution < -0.4 is 21.3 Å². The van der Waals surface area contributed by atoms with Gasteiger partial charge in [0.05, 0.1) is 32.8 Å². The van der Waals surface area contributed by atoms with Gasteiger partial charge in [-0.05, 0) is 61.6 Å². The van der Waals surface area contributed by atoms with Crippen LogP contribution in [0.1, 0.15) is 55.2 Å². The van der Waals surface area contributed by atoms with Gasteiger partial charge in [0.1, 0.15) is 19.3 Å². The third-order valence-corrected chi connectivity index (χ3v) is 7.45. The van der Waals surface area contributed by atoms with E-state index < -0.39 is 29.7 Å². The van der Waals surface area contributed by atoms with Crippen molar-refractivity contribution in [3.05, 3.63) is 71.3 Å². The molecule has 1 aliphatic heterocycles. The Hall–Kier alpha value is -4.13. The highest BCUT2D eigenvalue weighted by Gasteiger charge is 2.21. The number of benzene rings is 2. The smallest absolute Gasteiger partial charge is 0.246 e. The number of hydrogen-bond donors (Lipinski definition) is 4. The molecule has 2 aromatic carbocycles. The highest BCUT2D eigenvalue weighted by molar-refractivity contribution is 5.96. The average Bonchev–Trinajstić information content (AvgIpc) is 3.06. The number of nitrogens with one attached hydrogen (secondary N) is 4. The molecule has 0 saturated carbocycles. The van der Waals surface area contributed by atoms with Crippen LogP contribution in [0.3, 0.4) is 0 Å². The lowest BCUT2D eigenvalue weighted by atomic mass is 10.0. The number of rotatable bonds is 11. The molecule has 3 rings (SSSR count). The van der Waals surface area contributed by atoms with Crippen LogP contribution in [-0.2, 0) is 57.4 Å². The summed E-state index contributed by atoms with van der Waals surface area (Å²) in [5, 5.41) is 10.5. The zero-order valence-electron chi connectivity index (χ0n) is 27.1. The van der Waals surface area contributed by atoms with Crippen LogP contribution in [0, 0.1) is 0 Å². The Morgan fingerprint density at radius 2 is 1.34 bits per heavy atom. The lowest BCUT2D eigenvalue weighted by Gasteiger charge is -2.19. The van der Waals surface area contributed by atoms with Crippen LogP contribution in [0.5, 0.6) is 0 Å². The van der Waals surface area contributed by atoms with Crippen molar-refractivity contribution in [2.45, 2.75) is 63.8 Å². The first-order valence-electron chi connectivity index (χ1n) is 16.4. The minimum Gasteiger partial charge on any atom is -0.377 e. The second-order valence-corrected chi connectivity index (χ2v) is 11.4. The second-order valence-electron chi connectivity index (χ2n) is 11.4. The van der Waals surface area contributed by atoms with E-state index in [1.807, 2.05) is 30.3 Å². The Morgan fingerprint density at radius 1 is 0.723 bits per heavy atom. The summed E-state index contributed by atoms with van der Waals surface area (Å²) in [6, 6.07) is 17.4. The summed E-state index contributed by atoms with van der Waals surface area (Å²) in [7, 11) is 0. The van der Waals surface area contributed by atoms with Crippen molar-refractivity contribution < 1.29 is 38.2 Å². The third kappa shape index (κ3) is 16.8. The number of amides is 5. The molecule has 5 amide bonds. The first kappa shape index (κ1) is 37.3. The summed E-state index contributed by atoms with van der Waals surface area (Å²) in [6.45, 7) is 1.09. The molecule has 0 radical (unpaired) electrons. The van der Waals surface area contributed by atoms with E-state index in [0.29, 0.717) is 32.4 Å². The van der Waals surface area contributed by atoms with E-state index in [4.69, 9.17) is 14.2 Å². The molecule has 1 saturated heterocycles. The maximum absolute atomic E-state index is 12.9. The van der Waals surface area contributed by atoms with Gasteiger partial charge in [-0.1, -0.05) is 54.6 Å². The normalized spacial score (nSPS) is 17.3.